The first kappa shape index (κ1) is 12.4. The summed E-state index contributed by atoms with van der Waals surface area (Å²) in [5, 5.41) is 27.5. The van der Waals surface area contributed by atoms with Crippen LogP contribution >= 0.6 is 11.8 Å². The Kier molecular flexibility index (Phi) is 3.43. The molecule has 0 unspecified atom stereocenters. The number of hydrogen-bond donors (Lipinski definition) is 4. The lowest BCUT2D eigenvalue weighted by atomic mass is 10.1. The van der Waals surface area contributed by atoms with Crippen LogP contribution in [0.1, 0.15) is 21.4 Å². The summed E-state index contributed by atoms with van der Waals surface area (Å²) in [4.78, 5) is 10.9. The summed E-state index contributed by atoms with van der Waals surface area (Å²) in [7, 11) is 0. The number of carbonyl (C=O) groups excluding carboxylic acids is 1. The van der Waals surface area contributed by atoms with Crippen LogP contribution in [-0.4, -0.2) is 45.3 Å². The summed E-state index contributed by atoms with van der Waals surface area (Å²) >= 11 is 1.21. The molecule has 1 amide bonds. The number of aliphatic hydroxyl groups is 3. The highest BCUT2D eigenvalue weighted by molar-refractivity contribution is 8.00. The van der Waals surface area contributed by atoms with E-state index in [4.69, 9.17) is 15.3 Å². The van der Waals surface area contributed by atoms with Crippen LogP contribution in [0.15, 0.2) is 16.7 Å². The molecular weight excluding hydrogens is 246 g/mol. The zero-order valence-corrected chi connectivity index (χ0v) is 9.63. The van der Waals surface area contributed by atoms with Gasteiger partial charge in [0.05, 0.1) is 28.8 Å². The lowest BCUT2D eigenvalue weighted by Gasteiger charge is -2.13. The molecule has 7 heteroatoms. The topological polar surface area (TPSA) is 117 Å². The Hall–Kier alpha value is -1.02. The molecule has 0 aromatic carbocycles. The van der Waals surface area contributed by atoms with Gasteiger partial charge in [-0.1, -0.05) is 0 Å². The van der Waals surface area contributed by atoms with Crippen LogP contribution in [0, 0.1) is 0 Å². The van der Waals surface area contributed by atoms with Gasteiger partial charge >= 0.3 is 0 Å². The number of thioether (sulfide) groups is 1. The molecule has 0 bridgehead atoms. The summed E-state index contributed by atoms with van der Waals surface area (Å²) in [6, 6.07) is 1.44. The second-order valence-electron chi connectivity index (χ2n) is 3.86. The van der Waals surface area contributed by atoms with E-state index in [1.165, 1.54) is 24.1 Å². The van der Waals surface area contributed by atoms with Gasteiger partial charge in [0.1, 0.15) is 18.1 Å². The second-order valence-corrected chi connectivity index (χ2v) is 5.25. The van der Waals surface area contributed by atoms with Crippen molar-refractivity contribution >= 4 is 17.7 Å². The molecule has 1 aromatic heterocycles. The SMILES string of the molecule is NC(=O)c1coc([C@H]2S[C@H](CO)[C@@H](O)[C@H]2O)c1. The normalized spacial score (nSPS) is 32.9. The highest BCUT2D eigenvalue weighted by atomic mass is 32.2. The Morgan fingerprint density at radius 1 is 1.47 bits per heavy atom. The van der Waals surface area contributed by atoms with Gasteiger partial charge in [-0.05, 0) is 6.07 Å². The van der Waals surface area contributed by atoms with Crippen molar-refractivity contribution in [1.29, 1.82) is 0 Å². The predicted octanol–water partition coefficient (Wildman–Crippen LogP) is -0.751. The standard InChI is InChI=1S/C10H13NO5S/c11-10(15)4-1-5(16-3-4)9-8(14)7(13)6(2-12)17-9/h1,3,6-9,12-14H,2H2,(H2,11,15)/t6-,7-,8-,9-/m1/s1. The minimum Gasteiger partial charge on any atom is -0.467 e. The number of aliphatic hydroxyl groups excluding tert-OH is 3. The minimum atomic E-state index is -1.04. The van der Waals surface area contributed by atoms with Gasteiger partial charge < -0.3 is 25.5 Å². The average molecular weight is 259 g/mol. The maximum atomic E-state index is 10.9. The fourth-order valence-electron chi connectivity index (χ4n) is 1.77. The molecule has 5 N–H and O–H groups in total. The first-order chi connectivity index (χ1) is 8.04. The van der Waals surface area contributed by atoms with Gasteiger partial charge in [-0.2, -0.15) is 0 Å². The molecule has 1 aromatic rings. The number of hydrogen-bond acceptors (Lipinski definition) is 6. The molecule has 17 heavy (non-hydrogen) atoms. The third-order valence-electron chi connectivity index (χ3n) is 2.73. The predicted molar refractivity (Wildman–Crippen MR) is 60.4 cm³/mol. The van der Waals surface area contributed by atoms with E-state index in [-0.39, 0.29) is 12.2 Å². The van der Waals surface area contributed by atoms with E-state index >= 15 is 0 Å². The molecule has 2 heterocycles. The van der Waals surface area contributed by atoms with Crippen LogP contribution in [0.2, 0.25) is 0 Å². The Morgan fingerprint density at radius 2 is 2.18 bits per heavy atom. The molecule has 2 rings (SSSR count). The van der Waals surface area contributed by atoms with Gasteiger partial charge in [-0.25, -0.2) is 0 Å². The third kappa shape index (κ3) is 2.19. The Morgan fingerprint density at radius 3 is 2.65 bits per heavy atom. The van der Waals surface area contributed by atoms with Gasteiger partial charge in [0.2, 0.25) is 0 Å². The molecule has 0 spiro atoms. The van der Waals surface area contributed by atoms with Crippen LogP contribution in [0.4, 0.5) is 0 Å². The molecule has 1 aliphatic heterocycles. The molecule has 4 atom stereocenters. The molecule has 94 valence electrons. The maximum Gasteiger partial charge on any atom is 0.251 e. The number of nitrogens with two attached hydrogens (primary N) is 1. The maximum absolute atomic E-state index is 10.9. The molecule has 0 saturated carbocycles. The van der Waals surface area contributed by atoms with Crippen molar-refractivity contribution in [3.05, 3.63) is 23.7 Å². The van der Waals surface area contributed by atoms with Crippen molar-refractivity contribution in [2.24, 2.45) is 5.73 Å². The van der Waals surface area contributed by atoms with Crippen molar-refractivity contribution < 1.29 is 24.5 Å². The Balaban J connectivity index is 2.19. The van der Waals surface area contributed by atoms with Gasteiger partial charge in [-0.3, -0.25) is 4.79 Å². The van der Waals surface area contributed by atoms with Crippen molar-refractivity contribution in [3.63, 3.8) is 0 Å². The molecule has 0 aliphatic carbocycles. The lowest BCUT2D eigenvalue weighted by molar-refractivity contribution is 0.0174. The van der Waals surface area contributed by atoms with E-state index in [0.29, 0.717) is 5.76 Å². The zero-order valence-electron chi connectivity index (χ0n) is 8.81. The molecular formula is C10H13NO5S. The summed E-state index contributed by atoms with van der Waals surface area (Å²) < 4.78 is 5.15. The van der Waals surface area contributed by atoms with Crippen molar-refractivity contribution in [2.75, 3.05) is 6.61 Å². The molecule has 1 saturated heterocycles. The Labute approximate surface area is 101 Å². The second kappa shape index (κ2) is 4.69. The monoisotopic (exact) mass is 259 g/mol. The van der Waals surface area contributed by atoms with Gasteiger partial charge in [0, 0.05) is 0 Å². The van der Waals surface area contributed by atoms with Crippen molar-refractivity contribution in [1.82, 2.24) is 0 Å². The first-order valence-corrected chi connectivity index (χ1v) is 5.99. The zero-order chi connectivity index (χ0) is 12.6. The Bertz CT molecular complexity index is 421. The van der Waals surface area contributed by atoms with Gasteiger partial charge in [0.15, 0.2) is 0 Å². The van der Waals surface area contributed by atoms with Crippen LogP contribution < -0.4 is 5.73 Å². The van der Waals surface area contributed by atoms with Gasteiger partial charge in [-0.15, -0.1) is 11.8 Å². The smallest absolute Gasteiger partial charge is 0.251 e. The lowest BCUT2D eigenvalue weighted by Crippen LogP contribution is -2.31. The molecule has 1 fully saturated rings. The number of primary amides is 1. The minimum absolute atomic E-state index is 0.217. The molecule has 6 nitrogen and oxygen atoms in total. The fraction of sp³-hybridized carbons (Fsp3) is 0.500. The van der Waals surface area contributed by atoms with Crippen LogP contribution in [-0.2, 0) is 0 Å². The van der Waals surface area contributed by atoms with E-state index in [2.05, 4.69) is 0 Å². The summed E-state index contributed by atoms with van der Waals surface area (Å²) in [5.41, 5.74) is 5.30. The average Bonchev–Trinajstić information content (AvgIpc) is 2.87. The van der Waals surface area contributed by atoms with E-state index in [9.17, 15) is 15.0 Å². The van der Waals surface area contributed by atoms with E-state index in [0.717, 1.165) is 0 Å². The summed E-state index contributed by atoms with van der Waals surface area (Å²) in [5.74, 6) is -0.247. The van der Waals surface area contributed by atoms with Crippen molar-refractivity contribution in [2.45, 2.75) is 22.7 Å². The number of amides is 1. The number of carbonyl (C=O) groups is 1. The van der Waals surface area contributed by atoms with E-state index in [1.54, 1.807) is 0 Å². The molecule has 1 aliphatic rings. The number of furan rings is 1. The summed E-state index contributed by atoms with van der Waals surface area (Å²) in [6.07, 6.45) is -0.843. The van der Waals surface area contributed by atoms with E-state index in [1.807, 2.05) is 0 Å². The quantitative estimate of drug-likeness (QED) is 0.567. The van der Waals surface area contributed by atoms with Gasteiger partial charge in [0.25, 0.3) is 5.91 Å². The van der Waals surface area contributed by atoms with Crippen LogP contribution in [0.25, 0.3) is 0 Å². The third-order valence-corrected chi connectivity index (χ3v) is 4.31. The largest absolute Gasteiger partial charge is 0.467 e. The molecule has 0 radical (unpaired) electrons. The van der Waals surface area contributed by atoms with E-state index < -0.39 is 28.6 Å². The number of rotatable bonds is 3. The first-order valence-electron chi connectivity index (χ1n) is 5.05. The highest BCUT2D eigenvalue weighted by Crippen LogP contribution is 2.45. The van der Waals surface area contributed by atoms with Crippen LogP contribution in [0.5, 0.6) is 0 Å². The van der Waals surface area contributed by atoms with Crippen molar-refractivity contribution in [3.8, 4) is 0 Å². The fourth-order valence-corrected chi connectivity index (χ4v) is 3.13. The summed E-state index contributed by atoms with van der Waals surface area (Å²) in [6.45, 7) is -0.233. The van der Waals surface area contributed by atoms with Crippen LogP contribution in [0.3, 0.4) is 0 Å². The highest BCUT2D eigenvalue weighted by Gasteiger charge is 2.44.